The molecule has 1 aromatic rings. The highest BCUT2D eigenvalue weighted by atomic mass is 79.9. The molecule has 1 aliphatic rings. The molecule has 0 saturated carbocycles. The van der Waals surface area contributed by atoms with E-state index in [0.717, 1.165) is 41.0 Å². The number of carbonyl (C=O) groups excluding carboxylic acids is 1. The molecule has 0 spiro atoms. The van der Waals surface area contributed by atoms with Gasteiger partial charge < -0.3 is 4.90 Å². The number of nitrogens with zero attached hydrogens (tertiary/aromatic N) is 1. The number of hydrogen-bond donors (Lipinski definition) is 1. The van der Waals surface area contributed by atoms with E-state index in [4.69, 9.17) is 0 Å². The molecule has 0 fully saturated rings. The van der Waals surface area contributed by atoms with Crippen LogP contribution in [0.25, 0.3) is 0 Å². The number of rotatable bonds is 5. The highest BCUT2D eigenvalue weighted by Gasteiger charge is 2.23. The van der Waals surface area contributed by atoms with E-state index in [0.29, 0.717) is 5.92 Å². The maximum atomic E-state index is 11.6. The normalized spacial score (nSPS) is 13.9. The van der Waals surface area contributed by atoms with E-state index < -0.39 is 0 Å². The zero-order valence-corrected chi connectivity index (χ0v) is 14.6. The number of amides is 1. The zero-order valence-electron chi connectivity index (χ0n) is 12.2. The largest absolute Gasteiger partial charge is 0.312 e. The molecule has 0 radical (unpaired) electrons. The summed E-state index contributed by atoms with van der Waals surface area (Å²) in [6.07, 6.45) is 2.11. The fourth-order valence-electron chi connectivity index (χ4n) is 2.27. The maximum absolute atomic E-state index is 11.6. The second-order valence-electron chi connectivity index (χ2n) is 5.51. The average molecular weight is 357 g/mol. The van der Waals surface area contributed by atoms with E-state index in [1.165, 1.54) is 5.56 Å². The first-order chi connectivity index (χ1) is 9.49. The number of carbonyl (C=O) groups is 1. The summed E-state index contributed by atoms with van der Waals surface area (Å²) in [5.74, 6) is 0.828. The lowest BCUT2D eigenvalue weighted by atomic mass is 10.1. The van der Waals surface area contributed by atoms with Crippen LogP contribution in [0.3, 0.4) is 0 Å². The summed E-state index contributed by atoms with van der Waals surface area (Å²) in [6, 6.07) is 4.26. The summed E-state index contributed by atoms with van der Waals surface area (Å²) < 4.78 is 4.49. The topological polar surface area (TPSA) is 32.3 Å². The predicted octanol–water partition coefficient (Wildman–Crippen LogP) is 4.00. The molecule has 5 heteroatoms. The van der Waals surface area contributed by atoms with E-state index in [1.807, 2.05) is 4.90 Å². The third kappa shape index (κ3) is 3.77. The molecule has 110 valence electrons. The van der Waals surface area contributed by atoms with E-state index in [9.17, 15) is 4.79 Å². The van der Waals surface area contributed by atoms with Crippen molar-refractivity contribution in [3.63, 3.8) is 0 Å². The standard InChI is InChI=1S/C15H21BrN2OS/c1-10(2)4-6-17-20-15-9-14-12(8-13(15)16)5-7-18(14)11(3)19/h8-10,17H,4-7H2,1-3H3. The van der Waals surface area contributed by atoms with E-state index in [-0.39, 0.29) is 5.91 Å². The summed E-state index contributed by atoms with van der Waals surface area (Å²) >= 11 is 5.26. The summed E-state index contributed by atoms with van der Waals surface area (Å²) in [4.78, 5) is 14.6. The second-order valence-corrected chi connectivity index (χ2v) is 7.30. The molecular formula is C15H21BrN2OS. The van der Waals surface area contributed by atoms with Gasteiger partial charge in [0, 0.05) is 35.1 Å². The first-order valence-corrected chi connectivity index (χ1v) is 8.60. The van der Waals surface area contributed by atoms with E-state index in [2.05, 4.69) is 46.6 Å². The summed E-state index contributed by atoms with van der Waals surface area (Å²) in [5, 5.41) is 0. The average Bonchev–Trinajstić information content (AvgIpc) is 2.77. The fraction of sp³-hybridized carbons (Fsp3) is 0.533. The fourth-order valence-corrected chi connectivity index (χ4v) is 3.61. The van der Waals surface area contributed by atoms with Gasteiger partial charge in [-0.1, -0.05) is 13.8 Å². The van der Waals surface area contributed by atoms with Crippen molar-refractivity contribution in [2.45, 2.75) is 38.5 Å². The van der Waals surface area contributed by atoms with Gasteiger partial charge >= 0.3 is 0 Å². The third-order valence-electron chi connectivity index (χ3n) is 3.41. The molecule has 1 amide bonds. The van der Waals surface area contributed by atoms with Crippen LogP contribution in [-0.2, 0) is 11.2 Å². The number of anilines is 1. The molecule has 1 aromatic carbocycles. The molecule has 3 nitrogen and oxygen atoms in total. The van der Waals surface area contributed by atoms with Crippen molar-refractivity contribution in [1.29, 1.82) is 0 Å². The SMILES string of the molecule is CC(=O)N1CCc2cc(Br)c(SNCCC(C)C)cc21. The Hall–Kier alpha value is -0.520. The van der Waals surface area contributed by atoms with Gasteiger partial charge in [-0.15, -0.1) is 0 Å². The quantitative estimate of drug-likeness (QED) is 0.639. The van der Waals surface area contributed by atoms with Crippen LogP contribution in [0.4, 0.5) is 5.69 Å². The van der Waals surface area contributed by atoms with Crippen LogP contribution in [0.5, 0.6) is 0 Å². The van der Waals surface area contributed by atoms with Crippen molar-refractivity contribution >= 4 is 39.5 Å². The van der Waals surface area contributed by atoms with Gasteiger partial charge in [0.25, 0.3) is 0 Å². The molecular weight excluding hydrogens is 336 g/mol. The van der Waals surface area contributed by atoms with Gasteiger partial charge in [0.1, 0.15) is 0 Å². The van der Waals surface area contributed by atoms with Gasteiger partial charge in [0.2, 0.25) is 5.91 Å². The first-order valence-electron chi connectivity index (χ1n) is 6.99. The number of benzene rings is 1. The molecule has 0 aliphatic carbocycles. The highest BCUT2D eigenvalue weighted by molar-refractivity contribution is 9.10. The van der Waals surface area contributed by atoms with Gasteiger partial charge in [0.15, 0.2) is 0 Å². The number of halogens is 1. The molecule has 1 heterocycles. The lowest BCUT2D eigenvalue weighted by molar-refractivity contribution is -0.116. The molecule has 0 aromatic heterocycles. The highest BCUT2D eigenvalue weighted by Crippen LogP contribution is 2.36. The molecule has 1 N–H and O–H groups in total. The van der Waals surface area contributed by atoms with Crippen LogP contribution < -0.4 is 9.62 Å². The smallest absolute Gasteiger partial charge is 0.223 e. The van der Waals surface area contributed by atoms with E-state index in [1.54, 1.807) is 18.9 Å². The Bertz CT molecular complexity index is 505. The second kappa shape index (κ2) is 6.96. The molecule has 2 rings (SSSR count). The Morgan fingerprint density at radius 2 is 2.25 bits per heavy atom. The van der Waals surface area contributed by atoms with Crippen molar-refractivity contribution in [3.8, 4) is 0 Å². The number of fused-ring (bicyclic) bond motifs is 1. The van der Waals surface area contributed by atoms with Crippen LogP contribution in [0.2, 0.25) is 0 Å². The Kier molecular flexibility index (Phi) is 5.52. The van der Waals surface area contributed by atoms with Crippen molar-refractivity contribution < 1.29 is 4.79 Å². The third-order valence-corrected chi connectivity index (χ3v) is 5.24. The van der Waals surface area contributed by atoms with Crippen molar-refractivity contribution in [2.24, 2.45) is 5.92 Å². The van der Waals surface area contributed by atoms with Gasteiger partial charge in [-0.3, -0.25) is 9.52 Å². The summed E-state index contributed by atoms with van der Waals surface area (Å²) in [7, 11) is 0. The van der Waals surface area contributed by atoms with Crippen LogP contribution in [0.15, 0.2) is 21.5 Å². The lowest BCUT2D eigenvalue weighted by Crippen LogP contribution is -2.25. The zero-order chi connectivity index (χ0) is 14.7. The Morgan fingerprint density at radius 3 is 2.90 bits per heavy atom. The van der Waals surface area contributed by atoms with Gasteiger partial charge in [-0.2, -0.15) is 0 Å². The van der Waals surface area contributed by atoms with Crippen molar-refractivity contribution in [2.75, 3.05) is 18.0 Å². The van der Waals surface area contributed by atoms with Gasteiger partial charge in [-0.25, -0.2) is 0 Å². The number of hydrogen-bond acceptors (Lipinski definition) is 3. The number of nitrogens with one attached hydrogen (secondary N) is 1. The van der Waals surface area contributed by atoms with Gasteiger partial charge in [0.05, 0.1) is 0 Å². The minimum absolute atomic E-state index is 0.120. The van der Waals surface area contributed by atoms with Crippen LogP contribution in [0, 0.1) is 5.92 Å². The Balaban J connectivity index is 2.07. The van der Waals surface area contributed by atoms with Crippen LogP contribution in [-0.4, -0.2) is 19.0 Å². The molecule has 0 atom stereocenters. The summed E-state index contributed by atoms with van der Waals surface area (Å²) in [6.45, 7) is 7.87. The minimum Gasteiger partial charge on any atom is -0.312 e. The molecule has 0 saturated heterocycles. The molecule has 0 unspecified atom stereocenters. The molecule has 20 heavy (non-hydrogen) atoms. The Morgan fingerprint density at radius 1 is 1.50 bits per heavy atom. The first kappa shape index (κ1) is 15.9. The van der Waals surface area contributed by atoms with Crippen molar-refractivity contribution in [1.82, 2.24) is 4.72 Å². The molecule has 0 bridgehead atoms. The van der Waals surface area contributed by atoms with Gasteiger partial charge in [-0.05, 0) is 64.3 Å². The van der Waals surface area contributed by atoms with Crippen LogP contribution in [0.1, 0.15) is 32.8 Å². The minimum atomic E-state index is 0.120. The monoisotopic (exact) mass is 356 g/mol. The predicted molar refractivity (Wildman–Crippen MR) is 89.2 cm³/mol. The maximum Gasteiger partial charge on any atom is 0.223 e. The summed E-state index contributed by atoms with van der Waals surface area (Å²) in [5.41, 5.74) is 2.31. The lowest BCUT2D eigenvalue weighted by Gasteiger charge is -2.16. The Labute approximate surface area is 133 Å². The van der Waals surface area contributed by atoms with E-state index >= 15 is 0 Å². The molecule has 1 aliphatic heterocycles. The van der Waals surface area contributed by atoms with Crippen molar-refractivity contribution in [3.05, 3.63) is 22.2 Å². The van der Waals surface area contributed by atoms with Crippen LogP contribution >= 0.6 is 27.9 Å².